The molecule has 16 heteroatoms. The van der Waals surface area contributed by atoms with Crippen molar-refractivity contribution in [2.24, 2.45) is 0 Å². The van der Waals surface area contributed by atoms with E-state index < -0.39 is 48.3 Å². The molecule has 12 nitrogen and oxygen atoms in total. The number of fused-ring (bicyclic) bond motifs is 6. The van der Waals surface area contributed by atoms with Crippen LogP contribution in [-0.2, 0) is 27.0 Å². The summed E-state index contributed by atoms with van der Waals surface area (Å²) in [5.41, 5.74) is 9.90. The molecule has 4 heterocycles. The highest BCUT2D eigenvalue weighted by atomic mass is 79.9. The number of nitrogen functional groups attached to an aromatic ring is 1. The van der Waals surface area contributed by atoms with E-state index in [1.54, 1.807) is 18.2 Å². The Kier molecular flexibility index (Phi) is 8.92. The van der Waals surface area contributed by atoms with Crippen LogP contribution in [-0.4, -0.2) is 67.6 Å². The summed E-state index contributed by atoms with van der Waals surface area (Å²) in [6.45, 7) is -0.388. The monoisotopic (exact) mass is 798 g/mol. The van der Waals surface area contributed by atoms with Crippen LogP contribution >= 0.6 is 15.9 Å². The Labute approximate surface area is 313 Å². The van der Waals surface area contributed by atoms with Gasteiger partial charge in [0.1, 0.15) is 47.4 Å². The third-order valence-corrected chi connectivity index (χ3v) is 10.3. The highest BCUT2D eigenvalue weighted by molar-refractivity contribution is 9.10. The number of ether oxygens (including phenoxy) is 1. The van der Waals surface area contributed by atoms with Gasteiger partial charge in [-0.25, -0.2) is 19.7 Å². The number of carbonyl (C=O) groups is 3. The second-order valence-electron chi connectivity index (χ2n) is 13.1. The number of alkyl carbamates (subject to hydrolysis) is 1. The molecule has 3 aromatic carbocycles. The number of hydrogen-bond donors (Lipinski definition) is 3. The van der Waals surface area contributed by atoms with E-state index in [4.69, 9.17) is 10.5 Å². The van der Waals surface area contributed by atoms with Crippen molar-refractivity contribution < 1.29 is 32.3 Å². The van der Waals surface area contributed by atoms with Crippen LogP contribution < -0.4 is 16.4 Å². The molecule has 4 N–H and O–H groups in total. The Morgan fingerprint density at radius 2 is 1.67 bits per heavy atom. The second kappa shape index (κ2) is 13.7. The van der Waals surface area contributed by atoms with Crippen LogP contribution in [0, 0.1) is 0 Å². The molecular formula is C38H30BrF3N8O4. The third kappa shape index (κ3) is 6.46. The molecule has 1 saturated heterocycles. The number of nitrogens with one attached hydrogen (secondary N) is 2. The van der Waals surface area contributed by atoms with Gasteiger partial charge in [0, 0.05) is 17.8 Å². The lowest BCUT2D eigenvalue weighted by atomic mass is 9.98. The number of amides is 3. The van der Waals surface area contributed by atoms with Gasteiger partial charge in [0.05, 0.1) is 22.5 Å². The van der Waals surface area contributed by atoms with Crippen molar-refractivity contribution in [1.82, 2.24) is 29.7 Å². The van der Waals surface area contributed by atoms with Crippen molar-refractivity contribution in [3.05, 3.63) is 113 Å². The Bertz CT molecular complexity index is 2430. The number of alkyl halides is 3. The van der Waals surface area contributed by atoms with Gasteiger partial charge >= 0.3 is 12.3 Å². The van der Waals surface area contributed by atoms with Gasteiger partial charge < -0.3 is 30.6 Å². The molecule has 2 aliphatic rings. The summed E-state index contributed by atoms with van der Waals surface area (Å²) < 4.78 is 48.8. The van der Waals surface area contributed by atoms with Crippen molar-refractivity contribution in [2.45, 2.75) is 37.1 Å². The number of aromatic nitrogens is 4. The molecule has 274 valence electrons. The van der Waals surface area contributed by atoms with Crippen LogP contribution in [0.4, 0.5) is 29.6 Å². The largest absolute Gasteiger partial charge is 0.449 e. The zero-order chi connectivity index (χ0) is 37.7. The molecule has 0 unspecified atom stereocenters. The number of rotatable bonds is 7. The average molecular weight is 800 g/mol. The molecule has 54 heavy (non-hydrogen) atoms. The van der Waals surface area contributed by atoms with Gasteiger partial charge in [0.25, 0.3) is 0 Å². The van der Waals surface area contributed by atoms with E-state index >= 15 is 0 Å². The molecule has 1 fully saturated rings. The lowest BCUT2D eigenvalue weighted by molar-refractivity contribution is -0.137. The van der Waals surface area contributed by atoms with Gasteiger partial charge in [-0.3, -0.25) is 9.59 Å². The molecule has 1 aliphatic heterocycles. The molecule has 3 amide bonds. The molecule has 0 spiro atoms. The van der Waals surface area contributed by atoms with Crippen molar-refractivity contribution in [1.29, 1.82) is 0 Å². The van der Waals surface area contributed by atoms with Gasteiger partial charge in [-0.2, -0.15) is 13.2 Å². The Balaban J connectivity index is 1.04. The second-order valence-corrected chi connectivity index (χ2v) is 13.9. The predicted molar refractivity (Wildman–Crippen MR) is 197 cm³/mol. The summed E-state index contributed by atoms with van der Waals surface area (Å²) >= 11 is 3.28. The summed E-state index contributed by atoms with van der Waals surface area (Å²) in [6, 6.07) is 22.3. The molecule has 2 atom stereocenters. The van der Waals surface area contributed by atoms with E-state index in [2.05, 4.69) is 41.5 Å². The van der Waals surface area contributed by atoms with E-state index in [1.165, 1.54) is 15.5 Å². The van der Waals surface area contributed by atoms with Gasteiger partial charge in [0.2, 0.25) is 11.8 Å². The normalized spacial score (nSPS) is 16.7. The first-order valence-electron chi connectivity index (χ1n) is 16.9. The minimum absolute atomic E-state index is 0.0486. The number of likely N-dealkylation sites (tertiary alicyclic amines) is 1. The number of pyridine rings is 1. The van der Waals surface area contributed by atoms with Gasteiger partial charge in [0.15, 0.2) is 0 Å². The first-order chi connectivity index (χ1) is 26.0. The van der Waals surface area contributed by atoms with Crippen molar-refractivity contribution in [2.75, 3.05) is 24.2 Å². The number of nitrogens with two attached hydrogens (primary N) is 1. The van der Waals surface area contributed by atoms with Crippen LogP contribution in [0.5, 0.6) is 0 Å². The zero-order valence-corrected chi connectivity index (χ0v) is 29.8. The van der Waals surface area contributed by atoms with E-state index in [1.807, 2.05) is 48.5 Å². The average Bonchev–Trinajstić information content (AvgIpc) is 3.81. The first-order valence-corrected chi connectivity index (χ1v) is 17.7. The standard InChI is InChI=1S/C38H30BrF3N8O4/c39-30-10-5-11-31(47-30)48-36(52)29-15-21(46-37(53)54-18-27-24-8-3-1-6-22(24)23-7-2-4-9-25(23)27)16-49(29)32(51)17-50-28-13-12-20(38(40,41)42)14-26(28)33-34(43)44-19-45-35(33)50/h1-14,19,21,27,29H,15-18H2,(H,46,53)(H2,43,44,45)(H,47,48,52)/t21-,29-/m0/s1. The van der Waals surface area contributed by atoms with Crippen molar-refractivity contribution in [3.63, 3.8) is 0 Å². The lowest BCUT2D eigenvalue weighted by Gasteiger charge is -2.24. The number of carbonyl (C=O) groups excluding carboxylic acids is 3. The molecule has 6 aromatic rings. The molecule has 8 rings (SSSR count). The van der Waals surface area contributed by atoms with E-state index in [9.17, 15) is 27.6 Å². The maximum absolute atomic E-state index is 14.2. The van der Waals surface area contributed by atoms with E-state index in [-0.39, 0.29) is 59.1 Å². The summed E-state index contributed by atoms with van der Waals surface area (Å²) in [7, 11) is 0. The summed E-state index contributed by atoms with van der Waals surface area (Å²) in [5.74, 6) is -1.08. The Hall–Kier alpha value is -6.03. The van der Waals surface area contributed by atoms with Crippen LogP contribution in [0.2, 0.25) is 0 Å². The van der Waals surface area contributed by atoms with Gasteiger partial charge in [-0.1, -0.05) is 54.6 Å². The van der Waals surface area contributed by atoms with E-state index in [0.717, 1.165) is 40.7 Å². The minimum atomic E-state index is -4.63. The SMILES string of the molecule is Nc1ncnc2c1c1cc(C(F)(F)F)ccc1n2CC(=O)N1C[C@@H](NC(=O)OCC2c3ccccc3-c3ccccc32)C[C@H]1C(=O)Nc1cccc(Br)n1. The van der Waals surface area contributed by atoms with Crippen molar-refractivity contribution in [3.8, 4) is 11.1 Å². The number of nitrogens with zero attached hydrogens (tertiary/aromatic N) is 5. The summed E-state index contributed by atoms with van der Waals surface area (Å²) in [5, 5.41) is 5.86. The first kappa shape index (κ1) is 35.0. The quantitative estimate of drug-likeness (QED) is 0.155. The maximum atomic E-state index is 14.2. The van der Waals surface area contributed by atoms with Gasteiger partial charge in [-0.15, -0.1) is 0 Å². The third-order valence-electron chi connectivity index (χ3n) is 9.85. The van der Waals surface area contributed by atoms with E-state index in [0.29, 0.717) is 4.60 Å². The summed E-state index contributed by atoms with van der Waals surface area (Å²) in [6.07, 6.45) is -4.13. The Morgan fingerprint density at radius 3 is 2.37 bits per heavy atom. The summed E-state index contributed by atoms with van der Waals surface area (Å²) in [4.78, 5) is 55.0. The fourth-order valence-electron chi connectivity index (χ4n) is 7.46. The molecular weight excluding hydrogens is 769 g/mol. The Morgan fingerprint density at radius 1 is 0.944 bits per heavy atom. The maximum Gasteiger partial charge on any atom is 0.416 e. The zero-order valence-electron chi connectivity index (χ0n) is 28.2. The van der Waals surface area contributed by atoms with Crippen LogP contribution in [0.1, 0.15) is 29.0 Å². The van der Waals surface area contributed by atoms with Crippen LogP contribution in [0.3, 0.4) is 0 Å². The topological polar surface area (TPSA) is 157 Å². The number of anilines is 2. The molecule has 1 aliphatic carbocycles. The molecule has 0 bridgehead atoms. The van der Waals surface area contributed by atoms with Crippen LogP contribution in [0.15, 0.2) is 95.9 Å². The highest BCUT2D eigenvalue weighted by Gasteiger charge is 2.41. The predicted octanol–water partition coefficient (Wildman–Crippen LogP) is 6.49. The molecule has 0 saturated carbocycles. The fraction of sp³-hybridized carbons (Fsp3) is 0.211. The number of benzene rings is 3. The van der Waals surface area contributed by atoms with Crippen molar-refractivity contribution >= 4 is 67.4 Å². The smallest absolute Gasteiger partial charge is 0.416 e. The fourth-order valence-corrected chi connectivity index (χ4v) is 7.80. The highest BCUT2D eigenvalue weighted by Crippen LogP contribution is 2.44. The number of hydrogen-bond acceptors (Lipinski definition) is 8. The molecule has 3 aromatic heterocycles. The van der Waals surface area contributed by atoms with Crippen LogP contribution in [0.25, 0.3) is 33.1 Å². The minimum Gasteiger partial charge on any atom is -0.449 e. The lowest BCUT2D eigenvalue weighted by Crippen LogP contribution is -2.45. The molecule has 0 radical (unpaired) electrons. The van der Waals surface area contributed by atoms with Gasteiger partial charge in [-0.05, 0) is 74.9 Å². The number of halogens is 4.